The van der Waals surface area contributed by atoms with Gasteiger partial charge in [-0.15, -0.1) is 5.10 Å². The van der Waals surface area contributed by atoms with Gasteiger partial charge in [-0.3, -0.25) is 14.2 Å². The van der Waals surface area contributed by atoms with E-state index in [1.54, 1.807) is 25.9 Å². The standard InChI is InChI=1S/C22H21F4N5O/c1-10-17(21(26)28-29(10)2)22(32)31-12-5-4-6-16(31)19-13(9-12)20(30(3)27-19)11-7-14(23)18(25)15(24)8-11/h7-8,12,16H,4-6,9H2,1-3H3/t12-,16+/m1/s1. The van der Waals surface area contributed by atoms with Crippen LogP contribution in [0.15, 0.2) is 12.1 Å². The Bertz CT molecular complexity index is 1240. The molecular weight excluding hydrogens is 426 g/mol. The van der Waals surface area contributed by atoms with E-state index in [-0.39, 0.29) is 23.2 Å². The molecule has 32 heavy (non-hydrogen) atoms. The van der Waals surface area contributed by atoms with Crippen molar-refractivity contribution in [2.45, 2.75) is 44.7 Å². The molecule has 0 spiro atoms. The van der Waals surface area contributed by atoms with Gasteiger partial charge < -0.3 is 4.90 Å². The van der Waals surface area contributed by atoms with Crippen LogP contribution in [0.4, 0.5) is 17.6 Å². The maximum atomic E-state index is 14.4. The van der Waals surface area contributed by atoms with E-state index < -0.39 is 29.3 Å². The van der Waals surface area contributed by atoms with Gasteiger partial charge in [0.25, 0.3) is 5.91 Å². The Morgan fingerprint density at radius 3 is 2.34 bits per heavy atom. The summed E-state index contributed by atoms with van der Waals surface area (Å²) < 4.78 is 58.6. The monoisotopic (exact) mass is 447 g/mol. The van der Waals surface area contributed by atoms with Crippen LogP contribution in [-0.4, -0.2) is 36.4 Å². The molecule has 4 heterocycles. The summed E-state index contributed by atoms with van der Waals surface area (Å²) in [4.78, 5) is 15.1. The van der Waals surface area contributed by atoms with Crippen LogP contribution < -0.4 is 0 Å². The van der Waals surface area contributed by atoms with Crippen LogP contribution in [0.25, 0.3) is 11.3 Å². The van der Waals surface area contributed by atoms with E-state index in [0.29, 0.717) is 36.3 Å². The third kappa shape index (κ3) is 2.88. The molecule has 2 bridgehead atoms. The lowest BCUT2D eigenvalue weighted by Crippen LogP contribution is -2.50. The third-order valence-corrected chi connectivity index (χ3v) is 6.67. The number of carbonyl (C=O) groups is 1. The number of aromatic nitrogens is 4. The van der Waals surface area contributed by atoms with E-state index in [1.807, 2.05) is 0 Å². The molecule has 3 aromatic rings. The first-order valence-corrected chi connectivity index (χ1v) is 10.4. The first-order chi connectivity index (χ1) is 15.2. The Morgan fingerprint density at radius 2 is 1.72 bits per heavy atom. The molecular formula is C22H21F4N5O. The minimum absolute atomic E-state index is 0.0494. The average molecular weight is 447 g/mol. The van der Waals surface area contributed by atoms with Crippen LogP contribution in [0.3, 0.4) is 0 Å². The zero-order chi connectivity index (χ0) is 22.9. The summed E-state index contributed by atoms with van der Waals surface area (Å²) in [6.45, 7) is 1.64. The van der Waals surface area contributed by atoms with Gasteiger partial charge in [0.15, 0.2) is 17.5 Å². The first kappa shape index (κ1) is 20.7. The third-order valence-electron chi connectivity index (χ3n) is 6.67. The number of hydrogen-bond acceptors (Lipinski definition) is 3. The number of carbonyl (C=O) groups excluding carboxylic acids is 1. The molecule has 1 fully saturated rings. The highest BCUT2D eigenvalue weighted by molar-refractivity contribution is 5.96. The van der Waals surface area contributed by atoms with Gasteiger partial charge in [0.2, 0.25) is 5.95 Å². The predicted octanol–water partition coefficient (Wildman–Crippen LogP) is 3.98. The molecule has 1 aromatic carbocycles. The summed E-state index contributed by atoms with van der Waals surface area (Å²) in [6.07, 6.45) is 2.63. The van der Waals surface area contributed by atoms with Crippen molar-refractivity contribution in [2.75, 3.05) is 0 Å². The van der Waals surface area contributed by atoms with Gasteiger partial charge in [-0.25, -0.2) is 13.2 Å². The smallest absolute Gasteiger partial charge is 0.261 e. The zero-order valence-corrected chi connectivity index (χ0v) is 17.8. The molecule has 2 atom stereocenters. The summed E-state index contributed by atoms with van der Waals surface area (Å²) in [5.74, 6) is -5.31. The van der Waals surface area contributed by atoms with Crippen molar-refractivity contribution in [1.29, 1.82) is 0 Å². The minimum Gasteiger partial charge on any atom is -0.326 e. The summed E-state index contributed by atoms with van der Waals surface area (Å²) in [5, 5.41) is 8.30. The van der Waals surface area contributed by atoms with Crippen LogP contribution in [-0.2, 0) is 20.5 Å². The van der Waals surface area contributed by atoms with E-state index in [4.69, 9.17) is 0 Å². The summed E-state index contributed by atoms with van der Waals surface area (Å²) in [7, 11) is 3.23. The molecule has 168 valence electrons. The Morgan fingerprint density at radius 1 is 1.03 bits per heavy atom. The summed E-state index contributed by atoms with van der Waals surface area (Å²) in [5.41, 5.74) is 2.47. The van der Waals surface area contributed by atoms with Gasteiger partial charge in [-0.2, -0.15) is 9.49 Å². The van der Waals surface area contributed by atoms with Crippen molar-refractivity contribution < 1.29 is 22.4 Å². The zero-order valence-electron chi connectivity index (χ0n) is 17.8. The van der Waals surface area contributed by atoms with Crippen molar-refractivity contribution in [2.24, 2.45) is 14.1 Å². The maximum Gasteiger partial charge on any atom is 0.261 e. The molecule has 10 heteroatoms. The molecule has 2 aromatic heterocycles. The molecule has 2 aliphatic rings. The molecule has 1 amide bonds. The van der Waals surface area contributed by atoms with Crippen LogP contribution in [0.2, 0.25) is 0 Å². The highest BCUT2D eigenvalue weighted by atomic mass is 19.2. The summed E-state index contributed by atoms with van der Waals surface area (Å²) in [6, 6.07) is 1.30. The largest absolute Gasteiger partial charge is 0.326 e. The topological polar surface area (TPSA) is 56.0 Å². The maximum absolute atomic E-state index is 14.4. The molecule has 0 radical (unpaired) electrons. The highest BCUT2D eigenvalue weighted by Gasteiger charge is 2.45. The fraction of sp³-hybridized carbons (Fsp3) is 0.409. The van der Waals surface area contributed by atoms with E-state index >= 15 is 0 Å². The lowest BCUT2D eigenvalue weighted by Gasteiger charge is -2.45. The normalized spacial score (nSPS) is 19.9. The number of piperidine rings is 1. The number of hydrogen-bond donors (Lipinski definition) is 0. The summed E-state index contributed by atoms with van der Waals surface area (Å²) >= 11 is 0. The van der Waals surface area contributed by atoms with Gasteiger partial charge in [0.1, 0.15) is 5.56 Å². The van der Waals surface area contributed by atoms with Gasteiger partial charge >= 0.3 is 0 Å². The van der Waals surface area contributed by atoms with Crippen LogP contribution in [0.5, 0.6) is 0 Å². The van der Waals surface area contributed by atoms with Crippen LogP contribution >= 0.6 is 0 Å². The van der Waals surface area contributed by atoms with Crippen LogP contribution in [0, 0.1) is 30.3 Å². The van der Waals surface area contributed by atoms with Crippen molar-refractivity contribution in [3.8, 4) is 11.3 Å². The van der Waals surface area contributed by atoms with Crippen molar-refractivity contribution in [3.05, 3.63) is 58.0 Å². The van der Waals surface area contributed by atoms with Gasteiger partial charge in [-0.1, -0.05) is 0 Å². The molecule has 6 nitrogen and oxygen atoms in total. The lowest BCUT2D eigenvalue weighted by molar-refractivity contribution is 0.0386. The predicted molar refractivity (Wildman–Crippen MR) is 107 cm³/mol. The number of nitrogens with zero attached hydrogens (tertiary/aromatic N) is 5. The number of aryl methyl sites for hydroxylation is 2. The van der Waals surface area contributed by atoms with E-state index in [9.17, 15) is 22.4 Å². The number of benzene rings is 1. The number of amides is 1. The van der Waals surface area contributed by atoms with Crippen molar-refractivity contribution in [1.82, 2.24) is 24.5 Å². The second-order valence-corrected chi connectivity index (χ2v) is 8.48. The van der Waals surface area contributed by atoms with Crippen molar-refractivity contribution in [3.63, 3.8) is 0 Å². The molecule has 0 unspecified atom stereocenters. The first-order valence-electron chi connectivity index (χ1n) is 10.4. The Labute approximate surface area is 181 Å². The number of halogens is 4. The Balaban J connectivity index is 1.61. The van der Waals surface area contributed by atoms with Crippen LogP contribution in [0.1, 0.15) is 52.6 Å². The number of fused-ring (bicyclic) bond motifs is 4. The van der Waals surface area contributed by atoms with E-state index in [1.165, 1.54) is 9.36 Å². The quantitative estimate of drug-likeness (QED) is 0.441. The fourth-order valence-corrected chi connectivity index (χ4v) is 5.14. The Kier molecular flexibility index (Phi) is 4.65. The minimum atomic E-state index is -1.52. The van der Waals surface area contributed by atoms with Gasteiger partial charge in [0, 0.05) is 31.3 Å². The second kappa shape index (κ2) is 7.18. The molecule has 2 aliphatic heterocycles. The van der Waals surface area contributed by atoms with Gasteiger partial charge in [-0.05, 0) is 44.7 Å². The van der Waals surface area contributed by atoms with E-state index in [0.717, 1.165) is 24.1 Å². The van der Waals surface area contributed by atoms with Gasteiger partial charge in [0.05, 0.1) is 23.1 Å². The molecule has 5 rings (SSSR count). The van der Waals surface area contributed by atoms with E-state index in [2.05, 4.69) is 10.2 Å². The Hall–Kier alpha value is -3.17. The SMILES string of the molecule is Cc1c(C(=O)N2[C@@H]3CCC[C@H]2c2nn(C)c(-c4cc(F)c(F)c(F)c4)c2C3)c(F)nn1C. The number of rotatable bonds is 2. The lowest BCUT2D eigenvalue weighted by atomic mass is 9.81. The molecule has 0 aliphatic carbocycles. The molecule has 0 N–H and O–H groups in total. The average Bonchev–Trinajstić information content (AvgIpc) is 3.19. The second-order valence-electron chi connectivity index (χ2n) is 8.48. The van der Waals surface area contributed by atoms with Crippen molar-refractivity contribution >= 4 is 5.91 Å². The fourth-order valence-electron chi connectivity index (χ4n) is 5.14. The molecule has 1 saturated heterocycles. The molecule has 0 saturated carbocycles. The highest BCUT2D eigenvalue weighted by Crippen LogP contribution is 2.45.